The minimum Gasteiger partial charge on any atom is -0.396 e. The zero-order valence-corrected chi connectivity index (χ0v) is 14.7. The Morgan fingerprint density at radius 2 is 0.958 bits per heavy atom. The van der Waals surface area contributed by atoms with E-state index in [2.05, 4.69) is 34.3 Å². The molecule has 2 N–H and O–H groups in total. The highest BCUT2D eigenvalue weighted by Crippen LogP contribution is 2.03. The van der Waals surface area contributed by atoms with Gasteiger partial charge in [-0.15, -0.1) is 0 Å². The second-order valence-electron chi connectivity index (χ2n) is 6.01. The van der Waals surface area contributed by atoms with Crippen LogP contribution >= 0.6 is 0 Å². The molecule has 0 aliphatic heterocycles. The minimum atomic E-state index is 0.294. The van der Waals surface area contributed by atoms with E-state index in [1.54, 1.807) is 0 Å². The first kappa shape index (κ1) is 20.5. The van der Waals surface area contributed by atoms with Gasteiger partial charge in [-0.3, -0.25) is 9.98 Å². The van der Waals surface area contributed by atoms with Gasteiger partial charge in [-0.05, 0) is 36.8 Å². The summed E-state index contributed by atoms with van der Waals surface area (Å²) in [7, 11) is 0. The van der Waals surface area contributed by atoms with Crippen LogP contribution in [0.3, 0.4) is 0 Å². The monoisotopic (exact) mass is 332 g/mol. The van der Waals surface area contributed by atoms with Gasteiger partial charge < -0.3 is 10.2 Å². The van der Waals surface area contributed by atoms with Crippen molar-refractivity contribution in [3.8, 4) is 0 Å². The van der Waals surface area contributed by atoms with E-state index in [1.807, 2.05) is 12.4 Å². The van der Waals surface area contributed by atoms with E-state index in [1.165, 1.54) is 0 Å². The van der Waals surface area contributed by atoms with E-state index >= 15 is 0 Å². The number of hydrogen-bond acceptors (Lipinski definition) is 4. The van der Waals surface area contributed by atoms with Crippen LogP contribution in [-0.4, -0.2) is 48.9 Å². The van der Waals surface area contributed by atoms with Gasteiger partial charge in [0.15, 0.2) is 0 Å². The van der Waals surface area contributed by atoms with Gasteiger partial charge in [-0.2, -0.15) is 0 Å². The van der Waals surface area contributed by atoms with E-state index in [4.69, 9.17) is 10.2 Å². The van der Waals surface area contributed by atoms with Crippen LogP contribution in [0.2, 0.25) is 0 Å². The molecule has 4 nitrogen and oxygen atoms in total. The Kier molecular flexibility index (Phi) is 12.9. The lowest BCUT2D eigenvalue weighted by Gasteiger charge is -1.98. The summed E-state index contributed by atoms with van der Waals surface area (Å²) in [5.41, 5.74) is 2.23. The number of benzene rings is 1. The Morgan fingerprint density at radius 1 is 0.583 bits per heavy atom. The molecule has 24 heavy (non-hydrogen) atoms. The van der Waals surface area contributed by atoms with Gasteiger partial charge in [0.2, 0.25) is 0 Å². The third kappa shape index (κ3) is 11.1. The third-order valence-corrected chi connectivity index (χ3v) is 3.81. The zero-order valence-electron chi connectivity index (χ0n) is 14.7. The fourth-order valence-electron chi connectivity index (χ4n) is 2.34. The highest BCUT2D eigenvalue weighted by Gasteiger charge is 1.92. The van der Waals surface area contributed by atoms with Crippen LogP contribution in [0.15, 0.2) is 34.3 Å². The summed E-state index contributed by atoms with van der Waals surface area (Å²) in [5.74, 6) is 0. The van der Waals surface area contributed by atoms with Crippen molar-refractivity contribution in [2.45, 2.75) is 51.4 Å². The first-order valence-corrected chi connectivity index (χ1v) is 9.18. The number of hydrogen-bond donors (Lipinski definition) is 2. The largest absolute Gasteiger partial charge is 0.396 e. The summed E-state index contributed by atoms with van der Waals surface area (Å²) in [6.07, 6.45) is 12.2. The van der Waals surface area contributed by atoms with Crippen LogP contribution in [0.1, 0.15) is 62.5 Å². The molecule has 134 valence electrons. The second-order valence-corrected chi connectivity index (χ2v) is 6.01. The predicted molar refractivity (Wildman–Crippen MR) is 102 cm³/mol. The van der Waals surface area contributed by atoms with Crippen molar-refractivity contribution in [3.63, 3.8) is 0 Å². The zero-order chi connectivity index (χ0) is 17.3. The van der Waals surface area contributed by atoms with Crippen LogP contribution in [0.25, 0.3) is 0 Å². The van der Waals surface area contributed by atoms with Gasteiger partial charge >= 0.3 is 0 Å². The molecule has 0 amide bonds. The molecule has 4 heteroatoms. The Morgan fingerprint density at radius 3 is 1.33 bits per heavy atom. The molecule has 0 unspecified atom stereocenters. The lowest BCUT2D eigenvalue weighted by molar-refractivity contribution is 0.282. The molecule has 0 saturated heterocycles. The van der Waals surface area contributed by atoms with E-state index in [9.17, 15) is 0 Å². The maximum Gasteiger partial charge on any atom is 0.0431 e. The summed E-state index contributed by atoms with van der Waals surface area (Å²) in [6.45, 7) is 2.29. The number of aliphatic imine (C=N–C) groups is 2. The first-order valence-electron chi connectivity index (χ1n) is 9.18. The van der Waals surface area contributed by atoms with Crippen LogP contribution in [0, 0.1) is 0 Å². The Labute approximate surface area is 146 Å². The number of aliphatic hydroxyl groups excluding tert-OH is 2. The van der Waals surface area contributed by atoms with Crippen LogP contribution < -0.4 is 0 Å². The predicted octanol–water partition coefficient (Wildman–Crippen LogP) is 3.63. The number of aliphatic hydroxyl groups is 2. The third-order valence-electron chi connectivity index (χ3n) is 3.81. The molecular weight excluding hydrogens is 300 g/mol. The second kappa shape index (κ2) is 15.0. The molecule has 1 rings (SSSR count). The summed E-state index contributed by atoms with van der Waals surface area (Å²) < 4.78 is 0. The molecule has 1 aromatic rings. The fourth-order valence-corrected chi connectivity index (χ4v) is 2.34. The number of rotatable bonds is 14. The van der Waals surface area contributed by atoms with Gasteiger partial charge in [-0.25, -0.2) is 0 Å². The molecule has 0 atom stereocenters. The quantitative estimate of drug-likeness (QED) is 0.403. The Balaban J connectivity index is 2.18. The molecule has 0 heterocycles. The maximum atomic E-state index is 8.70. The van der Waals surface area contributed by atoms with Crippen molar-refractivity contribution in [2.75, 3.05) is 26.3 Å². The molecule has 0 aliphatic rings. The van der Waals surface area contributed by atoms with E-state index in [0.717, 1.165) is 75.6 Å². The lowest BCUT2D eigenvalue weighted by Crippen LogP contribution is -1.89. The van der Waals surface area contributed by atoms with Gasteiger partial charge in [-0.1, -0.05) is 49.9 Å². The van der Waals surface area contributed by atoms with Crippen molar-refractivity contribution in [2.24, 2.45) is 9.98 Å². The maximum absolute atomic E-state index is 8.70. The fraction of sp³-hybridized carbons (Fsp3) is 0.600. The molecule has 0 radical (unpaired) electrons. The number of unbranched alkanes of at least 4 members (excludes halogenated alkanes) is 6. The van der Waals surface area contributed by atoms with Crippen LogP contribution in [-0.2, 0) is 0 Å². The summed E-state index contributed by atoms with van der Waals surface area (Å²) in [4.78, 5) is 8.88. The molecule has 0 aromatic heterocycles. The van der Waals surface area contributed by atoms with Crippen molar-refractivity contribution in [3.05, 3.63) is 35.4 Å². The molecule has 0 saturated carbocycles. The summed E-state index contributed by atoms with van der Waals surface area (Å²) in [5, 5.41) is 17.4. The highest BCUT2D eigenvalue weighted by molar-refractivity contribution is 5.84. The van der Waals surface area contributed by atoms with Gasteiger partial charge in [0.25, 0.3) is 0 Å². The Hall–Kier alpha value is -1.52. The average Bonchev–Trinajstić information content (AvgIpc) is 2.61. The van der Waals surface area contributed by atoms with E-state index in [0.29, 0.717) is 13.2 Å². The van der Waals surface area contributed by atoms with Crippen molar-refractivity contribution in [1.82, 2.24) is 0 Å². The summed E-state index contributed by atoms with van der Waals surface area (Å²) >= 11 is 0. The highest BCUT2D eigenvalue weighted by atomic mass is 16.3. The van der Waals surface area contributed by atoms with Crippen molar-refractivity contribution < 1.29 is 10.2 Å². The normalized spacial score (nSPS) is 11.8. The molecule has 1 aromatic carbocycles. The van der Waals surface area contributed by atoms with Gasteiger partial charge in [0.1, 0.15) is 0 Å². The molecule has 0 fully saturated rings. The smallest absolute Gasteiger partial charge is 0.0431 e. The molecular formula is C20H32N2O2. The van der Waals surface area contributed by atoms with Crippen molar-refractivity contribution in [1.29, 1.82) is 0 Å². The lowest BCUT2D eigenvalue weighted by atomic mass is 10.1. The van der Waals surface area contributed by atoms with E-state index in [-0.39, 0.29) is 0 Å². The number of nitrogens with zero attached hydrogens (tertiary/aromatic N) is 2. The molecule has 0 spiro atoms. The van der Waals surface area contributed by atoms with Crippen LogP contribution in [0.5, 0.6) is 0 Å². The molecule has 0 bridgehead atoms. The standard InChI is InChI=1S/C20H32N2O2/c23-15-7-3-1-5-13-21-17-19-9-11-20(12-10-19)18-22-14-6-2-4-8-16-24/h9-12,17-18,23-24H,1-8,13-16H2. The van der Waals surface area contributed by atoms with Gasteiger partial charge in [0.05, 0.1) is 0 Å². The Bertz CT molecular complexity index is 412. The first-order chi connectivity index (χ1) is 11.9. The SMILES string of the molecule is OCCCCCCN=Cc1ccc(C=NCCCCCCO)cc1. The molecule has 0 aliphatic carbocycles. The average molecular weight is 332 g/mol. The topological polar surface area (TPSA) is 65.2 Å². The van der Waals surface area contributed by atoms with Crippen LogP contribution in [0.4, 0.5) is 0 Å². The van der Waals surface area contributed by atoms with E-state index < -0.39 is 0 Å². The minimum absolute atomic E-state index is 0.294. The summed E-state index contributed by atoms with van der Waals surface area (Å²) in [6, 6.07) is 8.27. The van der Waals surface area contributed by atoms with Gasteiger partial charge in [0, 0.05) is 38.7 Å². The van der Waals surface area contributed by atoms with Crippen molar-refractivity contribution >= 4 is 12.4 Å².